The Kier molecular flexibility index (Phi) is 6.02. The van der Waals surface area contributed by atoms with E-state index in [1.165, 1.54) is 19.2 Å². The van der Waals surface area contributed by atoms with Crippen molar-refractivity contribution in [3.05, 3.63) is 22.2 Å². The third-order valence-corrected chi connectivity index (χ3v) is 3.83. The van der Waals surface area contributed by atoms with Crippen molar-refractivity contribution in [2.45, 2.75) is 6.92 Å². The molecule has 130 valence electrons. The first-order valence-corrected chi connectivity index (χ1v) is 8.02. The van der Waals surface area contributed by atoms with Gasteiger partial charge in [-0.25, -0.2) is 9.59 Å². The van der Waals surface area contributed by atoms with Crippen LogP contribution >= 0.6 is 15.9 Å². The smallest absolute Gasteiger partial charge is 0.338 e. The van der Waals surface area contributed by atoms with E-state index in [9.17, 15) is 14.4 Å². The Labute approximate surface area is 147 Å². The molecule has 8 nitrogen and oxygen atoms in total. The van der Waals surface area contributed by atoms with Crippen molar-refractivity contribution in [2.24, 2.45) is 0 Å². The summed E-state index contributed by atoms with van der Waals surface area (Å²) in [5, 5.41) is 2.50. The standard InChI is InChI=1S/C15H17BrN2O6/c1-3-23-13-10(16)6-9(7-11(13)22-2)14(20)24-8-12(19)18-5-4-17-15(18)21/h6-7H,3-5,8H2,1-2H3,(H,17,21). The molecular weight excluding hydrogens is 384 g/mol. The minimum atomic E-state index is -0.704. The van der Waals surface area contributed by atoms with Crippen LogP contribution in [0.15, 0.2) is 16.6 Å². The maximum absolute atomic E-state index is 12.1. The van der Waals surface area contributed by atoms with E-state index in [1.54, 1.807) is 0 Å². The van der Waals surface area contributed by atoms with E-state index in [1.807, 2.05) is 6.92 Å². The molecule has 0 spiro atoms. The number of ether oxygens (including phenoxy) is 3. The second-order valence-electron chi connectivity index (χ2n) is 4.78. The number of benzene rings is 1. The number of nitrogens with one attached hydrogen (secondary N) is 1. The van der Waals surface area contributed by atoms with E-state index in [-0.39, 0.29) is 12.1 Å². The summed E-state index contributed by atoms with van der Waals surface area (Å²) in [6, 6.07) is 2.50. The van der Waals surface area contributed by atoms with Crippen molar-refractivity contribution >= 4 is 33.8 Å². The number of halogens is 1. The Hall–Kier alpha value is -2.29. The predicted octanol–water partition coefficient (Wildman–Crippen LogP) is 1.56. The normalized spacial score (nSPS) is 13.5. The fourth-order valence-corrected chi connectivity index (χ4v) is 2.68. The summed E-state index contributed by atoms with van der Waals surface area (Å²) in [5.74, 6) is -0.440. The van der Waals surface area contributed by atoms with Gasteiger partial charge in [0.25, 0.3) is 5.91 Å². The number of esters is 1. The summed E-state index contributed by atoms with van der Waals surface area (Å²) in [4.78, 5) is 36.4. The number of rotatable bonds is 6. The average molecular weight is 401 g/mol. The van der Waals surface area contributed by atoms with Crippen LogP contribution < -0.4 is 14.8 Å². The monoisotopic (exact) mass is 400 g/mol. The first kappa shape index (κ1) is 18.1. The van der Waals surface area contributed by atoms with E-state index in [2.05, 4.69) is 21.2 Å². The Morgan fingerprint density at radius 3 is 2.71 bits per heavy atom. The van der Waals surface area contributed by atoms with Gasteiger partial charge in [-0.1, -0.05) is 0 Å². The molecule has 1 aromatic carbocycles. The maximum atomic E-state index is 12.1. The van der Waals surface area contributed by atoms with E-state index in [0.29, 0.717) is 29.1 Å². The number of methoxy groups -OCH3 is 1. The number of hydrogen-bond donors (Lipinski definition) is 1. The summed E-state index contributed by atoms with van der Waals surface area (Å²) >= 11 is 3.31. The molecule has 1 saturated heterocycles. The van der Waals surface area contributed by atoms with Crippen molar-refractivity contribution in [1.29, 1.82) is 0 Å². The molecule has 24 heavy (non-hydrogen) atoms. The van der Waals surface area contributed by atoms with Gasteiger partial charge < -0.3 is 19.5 Å². The summed E-state index contributed by atoms with van der Waals surface area (Å²) < 4.78 is 16.1. The quantitative estimate of drug-likeness (QED) is 0.728. The Morgan fingerprint density at radius 1 is 1.38 bits per heavy atom. The van der Waals surface area contributed by atoms with Gasteiger partial charge in [-0.2, -0.15) is 0 Å². The van der Waals surface area contributed by atoms with Crippen LogP contribution in [0.4, 0.5) is 4.79 Å². The third-order valence-electron chi connectivity index (χ3n) is 3.24. The van der Waals surface area contributed by atoms with Crippen LogP contribution in [0.3, 0.4) is 0 Å². The lowest BCUT2D eigenvalue weighted by molar-refractivity contribution is -0.130. The van der Waals surface area contributed by atoms with Crippen LogP contribution in [0.1, 0.15) is 17.3 Å². The maximum Gasteiger partial charge on any atom is 0.338 e. The van der Waals surface area contributed by atoms with Crippen LogP contribution in [-0.2, 0) is 9.53 Å². The van der Waals surface area contributed by atoms with Gasteiger partial charge in [0.2, 0.25) is 0 Å². The van der Waals surface area contributed by atoms with Crippen molar-refractivity contribution < 1.29 is 28.6 Å². The lowest BCUT2D eigenvalue weighted by atomic mass is 10.2. The number of carbonyl (C=O) groups is 3. The van der Waals surface area contributed by atoms with E-state index in [4.69, 9.17) is 14.2 Å². The second-order valence-corrected chi connectivity index (χ2v) is 5.63. The van der Waals surface area contributed by atoms with Crippen molar-refractivity contribution in [1.82, 2.24) is 10.2 Å². The minimum absolute atomic E-state index is 0.195. The van der Waals surface area contributed by atoms with Gasteiger partial charge >= 0.3 is 12.0 Å². The topological polar surface area (TPSA) is 94.2 Å². The van der Waals surface area contributed by atoms with Crippen LogP contribution in [0.5, 0.6) is 11.5 Å². The lowest BCUT2D eigenvalue weighted by Crippen LogP contribution is -2.37. The molecule has 1 heterocycles. The molecule has 0 saturated carbocycles. The lowest BCUT2D eigenvalue weighted by Gasteiger charge is -2.14. The number of nitrogens with zero attached hydrogens (tertiary/aromatic N) is 1. The highest BCUT2D eigenvalue weighted by atomic mass is 79.9. The summed E-state index contributed by atoms with van der Waals surface area (Å²) in [6.45, 7) is 2.40. The highest BCUT2D eigenvalue weighted by molar-refractivity contribution is 9.10. The average Bonchev–Trinajstić information content (AvgIpc) is 3.00. The number of amides is 3. The van der Waals surface area contributed by atoms with Gasteiger partial charge in [-0.15, -0.1) is 0 Å². The molecule has 1 fully saturated rings. The fourth-order valence-electron chi connectivity index (χ4n) is 2.12. The van der Waals surface area contributed by atoms with E-state index >= 15 is 0 Å². The van der Waals surface area contributed by atoms with Gasteiger partial charge in [0.05, 0.1) is 23.8 Å². The largest absolute Gasteiger partial charge is 0.493 e. The Morgan fingerprint density at radius 2 is 2.12 bits per heavy atom. The molecule has 0 unspecified atom stereocenters. The van der Waals surface area contributed by atoms with Gasteiger partial charge in [0, 0.05) is 13.1 Å². The molecular formula is C15H17BrN2O6. The third kappa shape index (κ3) is 3.97. The second kappa shape index (κ2) is 8.00. The van der Waals surface area contributed by atoms with E-state index in [0.717, 1.165) is 4.90 Å². The molecule has 1 aliphatic rings. The molecule has 0 aromatic heterocycles. The molecule has 2 rings (SSSR count). The fraction of sp³-hybridized carbons (Fsp3) is 0.400. The molecule has 0 radical (unpaired) electrons. The highest BCUT2D eigenvalue weighted by Gasteiger charge is 2.27. The molecule has 1 aliphatic heterocycles. The van der Waals surface area contributed by atoms with Gasteiger partial charge in [0.1, 0.15) is 0 Å². The first-order chi connectivity index (χ1) is 11.5. The zero-order chi connectivity index (χ0) is 17.7. The van der Waals surface area contributed by atoms with Crippen LogP contribution in [0.2, 0.25) is 0 Å². The van der Waals surface area contributed by atoms with Crippen molar-refractivity contribution in [2.75, 3.05) is 33.4 Å². The number of imide groups is 1. The van der Waals surface area contributed by atoms with Gasteiger partial charge in [-0.05, 0) is 35.0 Å². The molecule has 1 N–H and O–H groups in total. The summed E-state index contributed by atoms with van der Waals surface area (Å²) in [7, 11) is 1.45. The molecule has 9 heteroatoms. The van der Waals surface area contributed by atoms with Crippen LogP contribution in [0, 0.1) is 0 Å². The zero-order valence-corrected chi connectivity index (χ0v) is 14.8. The zero-order valence-electron chi connectivity index (χ0n) is 13.3. The highest BCUT2D eigenvalue weighted by Crippen LogP contribution is 2.36. The van der Waals surface area contributed by atoms with Crippen LogP contribution in [0.25, 0.3) is 0 Å². The Bertz CT molecular complexity index is 664. The Balaban J connectivity index is 2.05. The molecule has 0 atom stereocenters. The molecule has 0 bridgehead atoms. The molecule has 3 amide bonds. The van der Waals surface area contributed by atoms with Gasteiger partial charge in [-0.3, -0.25) is 9.69 Å². The van der Waals surface area contributed by atoms with E-state index < -0.39 is 24.5 Å². The van der Waals surface area contributed by atoms with Crippen molar-refractivity contribution in [3.8, 4) is 11.5 Å². The number of hydrogen-bond acceptors (Lipinski definition) is 6. The minimum Gasteiger partial charge on any atom is -0.493 e. The number of urea groups is 1. The van der Waals surface area contributed by atoms with Gasteiger partial charge in [0.15, 0.2) is 18.1 Å². The number of carbonyl (C=O) groups excluding carboxylic acids is 3. The SMILES string of the molecule is CCOc1c(Br)cc(C(=O)OCC(=O)N2CCNC2=O)cc1OC. The van der Waals surface area contributed by atoms with Crippen LogP contribution in [-0.4, -0.2) is 56.2 Å². The summed E-state index contributed by atoms with van der Waals surface area (Å²) in [5.41, 5.74) is 0.195. The van der Waals surface area contributed by atoms with Crippen molar-refractivity contribution in [3.63, 3.8) is 0 Å². The molecule has 1 aromatic rings. The molecule has 0 aliphatic carbocycles. The first-order valence-electron chi connectivity index (χ1n) is 7.23. The predicted molar refractivity (Wildman–Crippen MR) is 87.3 cm³/mol. The summed E-state index contributed by atoms with van der Waals surface area (Å²) in [6.07, 6.45) is 0.